The first-order valence-corrected chi connectivity index (χ1v) is 6.59. The lowest BCUT2D eigenvalue weighted by molar-refractivity contribution is 0.495. The lowest BCUT2D eigenvalue weighted by Gasteiger charge is -2.36. The molecule has 0 unspecified atom stereocenters. The number of benzene rings is 1. The molecule has 0 aliphatic rings. The molecule has 0 fully saturated rings. The SMILES string of the molecule is CCc1cccc(S(C)(O)O)c1N(C)[O-]. The number of anilines is 1. The van der Waals surface area contributed by atoms with Crippen molar-refractivity contribution in [1.29, 1.82) is 0 Å². The van der Waals surface area contributed by atoms with Gasteiger partial charge in [0, 0.05) is 6.26 Å². The Morgan fingerprint density at radius 2 is 2.00 bits per heavy atom. The zero-order valence-electron chi connectivity index (χ0n) is 9.10. The summed E-state index contributed by atoms with van der Waals surface area (Å²) in [6.07, 6.45) is 2.01. The molecule has 0 aromatic heterocycles. The fourth-order valence-corrected chi connectivity index (χ4v) is 2.48. The van der Waals surface area contributed by atoms with E-state index in [-0.39, 0.29) is 0 Å². The summed E-state index contributed by atoms with van der Waals surface area (Å²) in [5.41, 5.74) is 1.20. The van der Waals surface area contributed by atoms with Crippen molar-refractivity contribution >= 4 is 16.3 Å². The molecular weight excluding hydrogens is 214 g/mol. The fourth-order valence-electron chi connectivity index (χ4n) is 1.52. The second-order valence-electron chi connectivity index (χ2n) is 3.45. The van der Waals surface area contributed by atoms with Crippen molar-refractivity contribution < 1.29 is 9.11 Å². The molecule has 0 atom stereocenters. The Kier molecular flexibility index (Phi) is 3.62. The van der Waals surface area contributed by atoms with E-state index in [4.69, 9.17) is 0 Å². The van der Waals surface area contributed by atoms with Crippen LogP contribution in [0.5, 0.6) is 0 Å². The highest BCUT2D eigenvalue weighted by molar-refractivity contribution is 8.23. The number of hydrogen-bond donors (Lipinski definition) is 2. The lowest BCUT2D eigenvalue weighted by Crippen LogP contribution is -2.13. The van der Waals surface area contributed by atoms with Crippen molar-refractivity contribution in [2.24, 2.45) is 0 Å². The number of hydroxylamine groups is 1. The van der Waals surface area contributed by atoms with Crippen LogP contribution in [0.4, 0.5) is 5.69 Å². The summed E-state index contributed by atoms with van der Waals surface area (Å²) in [6.45, 7) is 1.92. The van der Waals surface area contributed by atoms with Crippen LogP contribution in [0.2, 0.25) is 0 Å². The highest BCUT2D eigenvalue weighted by Crippen LogP contribution is 2.49. The summed E-state index contributed by atoms with van der Waals surface area (Å²) < 4.78 is 19.2. The largest absolute Gasteiger partial charge is 0.758 e. The summed E-state index contributed by atoms with van der Waals surface area (Å²) >= 11 is 0. The molecule has 0 heterocycles. The molecule has 0 saturated carbocycles. The van der Waals surface area contributed by atoms with Crippen molar-refractivity contribution in [2.45, 2.75) is 18.2 Å². The van der Waals surface area contributed by atoms with E-state index in [1.165, 1.54) is 13.3 Å². The molecule has 0 spiro atoms. The van der Waals surface area contributed by atoms with Gasteiger partial charge in [0.25, 0.3) is 0 Å². The molecule has 1 aromatic rings. The Morgan fingerprint density at radius 3 is 2.40 bits per heavy atom. The van der Waals surface area contributed by atoms with Gasteiger partial charge in [-0.15, -0.1) is 0 Å². The van der Waals surface area contributed by atoms with Crippen LogP contribution >= 0.6 is 10.6 Å². The van der Waals surface area contributed by atoms with Crippen LogP contribution in [0, 0.1) is 5.21 Å². The average Bonchev–Trinajstić information content (AvgIpc) is 2.15. The topological polar surface area (TPSA) is 66.8 Å². The van der Waals surface area contributed by atoms with Crippen LogP contribution < -0.4 is 5.06 Å². The van der Waals surface area contributed by atoms with Gasteiger partial charge in [-0.1, -0.05) is 19.1 Å². The van der Waals surface area contributed by atoms with Crippen molar-refractivity contribution in [2.75, 3.05) is 18.4 Å². The summed E-state index contributed by atoms with van der Waals surface area (Å²) in [7, 11) is -1.49. The molecule has 1 aromatic carbocycles. The van der Waals surface area contributed by atoms with E-state index < -0.39 is 10.6 Å². The predicted molar refractivity (Wildman–Crippen MR) is 64.6 cm³/mol. The van der Waals surface area contributed by atoms with Crippen LogP contribution in [0.3, 0.4) is 0 Å². The number of hydrogen-bond acceptors (Lipinski definition) is 4. The molecule has 1 rings (SSSR count). The molecule has 86 valence electrons. The Labute approximate surface area is 91.5 Å². The Hall–Kier alpha value is -0.750. The Morgan fingerprint density at radius 1 is 1.40 bits per heavy atom. The van der Waals surface area contributed by atoms with Gasteiger partial charge in [0.15, 0.2) is 0 Å². The first kappa shape index (κ1) is 12.3. The number of para-hydroxylation sites is 1. The van der Waals surface area contributed by atoms with E-state index in [9.17, 15) is 14.3 Å². The third-order valence-electron chi connectivity index (χ3n) is 2.19. The van der Waals surface area contributed by atoms with Gasteiger partial charge in [-0.2, -0.15) is 10.6 Å². The summed E-state index contributed by atoms with van der Waals surface area (Å²) in [5, 5.41) is 12.1. The Balaban J connectivity index is 3.39. The van der Waals surface area contributed by atoms with Crippen molar-refractivity contribution in [3.05, 3.63) is 29.0 Å². The molecule has 0 aliphatic heterocycles. The van der Waals surface area contributed by atoms with Crippen LogP contribution in [0.15, 0.2) is 23.1 Å². The molecule has 0 radical (unpaired) electrons. The summed E-state index contributed by atoms with van der Waals surface area (Å²) in [4.78, 5) is 0.319. The maximum atomic E-state index is 11.4. The highest BCUT2D eigenvalue weighted by atomic mass is 32.3. The van der Waals surface area contributed by atoms with Gasteiger partial charge >= 0.3 is 0 Å². The highest BCUT2D eigenvalue weighted by Gasteiger charge is 2.16. The van der Waals surface area contributed by atoms with Gasteiger partial charge in [0.05, 0.1) is 10.6 Å². The van der Waals surface area contributed by atoms with E-state index >= 15 is 0 Å². The summed E-state index contributed by atoms with van der Waals surface area (Å²) in [6, 6.07) is 5.13. The van der Waals surface area contributed by atoms with Gasteiger partial charge in [-0.05, 0) is 25.1 Å². The number of nitrogens with zero attached hydrogens (tertiary/aromatic N) is 1. The van der Waals surface area contributed by atoms with Gasteiger partial charge in [-0.3, -0.25) is 9.11 Å². The number of aryl methyl sites for hydroxylation is 1. The van der Waals surface area contributed by atoms with E-state index in [0.29, 0.717) is 22.1 Å². The first-order chi connectivity index (χ1) is 6.88. The second-order valence-corrected chi connectivity index (χ2v) is 5.56. The quantitative estimate of drug-likeness (QED) is 0.783. The van der Waals surface area contributed by atoms with Crippen LogP contribution in [-0.2, 0) is 6.42 Å². The molecular formula is C10H16NO3S-. The lowest BCUT2D eigenvalue weighted by atomic mass is 10.1. The van der Waals surface area contributed by atoms with E-state index in [1.54, 1.807) is 12.1 Å². The van der Waals surface area contributed by atoms with E-state index in [0.717, 1.165) is 5.56 Å². The van der Waals surface area contributed by atoms with Crippen LogP contribution in [0.1, 0.15) is 12.5 Å². The zero-order valence-corrected chi connectivity index (χ0v) is 9.91. The third-order valence-corrected chi connectivity index (χ3v) is 3.36. The molecule has 0 bridgehead atoms. The minimum atomic E-state index is -2.85. The molecule has 0 aliphatic carbocycles. The van der Waals surface area contributed by atoms with Gasteiger partial charge in [0.1, 0.15) is 0 Å². The minimum absolute atomic E-state index is 0.319. The van der Waals surface area contributed by atoms with Crippen molar-refractivity contribution in [1.82, 2.24) is 0 Å². The molecule has 0 saturated heterocycles. The van der Waals surface area contributed by atoms with E-state index in [2.05, 4.69) is 0 Å². The summed E-state index contributed by atoms with van der Waals surface area (Å²) in [5.74, 6) is 0. The van der Waals surface area contributed by atoms with E-state index in [1.807, 2.05) is 13.0 Å². The van der Waals surface area contributed by atoms with Gasteiger partial charge < -0.3 is 10.3 Å². The smallest absolute Gasteiger partial charge is 0.0808 e. The van der Waals surface area contributed by atoms with Crippen molar-refractivity contribution in [3.8, 4) is 0 Å². The Bertz CT molecular complexity index is 347. The maximum Gasteiger partial charge on any atom is 0.0808 e. The molecule has 15 heavy (non-hydrogen) atoms. The normalized spacial score (nSPS) is 12.7. The van der Waals surface area contributed by atoms with Crippen LogP contribution in [-0.4, -0.2) is 22.4 Å². The third kappa shape index (κ3) is 2.63. The molecule has 4 nitrogen and oxygen atoms in total. The van der Waals surface area contributed by atoms with Gasteiger partial charge in [-0.25, -0.2) is 0 Å². The van der Waals surface area contributed by atoms with Gasteiger partial charge in [0.2, 0.25) is 0 Å². The van der Waals surface area contributed by atoms with Crippen molar-refractivity contribution in [3.63, 3.8) is 0 Å². The molecule has 2 N–H and O–H groups in total. The minimum Gasteiger partial charge on any atom is -0.758 e. The average molecular weight is 230 g/mol. The standard InChI is InChI=1S/C10H16NO3S/c1-4-8-6-5-7-9(15(3,13)14)10(8)11(2)12/h5-7,13-14H,4H2,1-3H3/q-1. The molecule has 5 heteroatoms. The van der Waals surface area contributed by atoms with Crippen LogP contribution in [0.25, 0.3) is 0 Å². The zero-order chi connectivity index (χ0) is 11.6. The predicted octanol–water partition coefficient (Wildman–Crippen LogP) is 2.92. The number of rotatable bonds is 3. The maximum absolute atomic E-state index is 11.4. The fraction of sp³-hybridized carbons (Fsp3) is 0.400. The molecule has 0 amide bonds. The first-order valence-electron chi connectivity index (χ1n) is 4.64. The second kappa shape index (κ2) is 4.40. The monoisotopic (exact) mass is 230 g/mol.